The van der Waals surface area contributed by atoms with Gasteiger partial charge >= 0.3 is 0 Å². The maximum atomic E-state index is 12.7. The maximum Gasteiger partial charge on any atom is 0.263 e. The zero-order valence-corrected chi connectivity index (χ0v) is 14.5. The van der Waals surface area contributed by atoms with Gasteiger partial charge in [0.25, 0.3) is 5.91 Å². The second kappa shape index (κ2) is 6.03. The number of anilines is 1. The molecule has 1 aromatic carbocycles. The van der Waals surface area contributed by atoms with Crippen LogP contribution in [-0.2, 0) is 12.8 Å². The topological polar surface area (TPSA) is 68.0 Å². The van der Waals surface area contributed by atoms with E-state index in [0.717, 1.165) is 25.0 Å². The monoisotopic (exact) mass is 359 g/mol. The Bertz CT molecular complexity index is 910. The van der Waals surface area contributed by atoms with E-state index in [0.29, 0.717) is 32.7 Å². The Morgan fingerprint density at radius 1 is 1.33 bits per heavy atom. The number of halogens is 1. The summed E-state index contributed by atoms with van der Waals surface area (Å²) in [4.78, 5) is 18.5. The fraction of sp³-hybridized carbons (Fsp3) is 0.235. The molecule has 0 atom stereocenters. The first kappa shape index (κ1) is 15.4. The van der Waals surface area contributed by atoms with Crippen LogP contribution in [0.25, 0.3) is 11.3 Å². The van der Waals surface area contributed by atoms with Crippen molar-refractivity contribution < 1.29 is 9.32 Å². The highest BCUT2D eigenvalue weighted by atomic mass is 35.5. The molecule has 0 unspecified atom stereocenters. The number of nitrogens with one attached hydrogen (secondary N) is 1. The third-order valence-electron chi connectivity index (χ3n) is 4.03. The Morgan fingerprint density at radius 3 is 2.96 bits per heavy atom. The van der Waals surface area contributed by atoms with Gasteiger partial charge in [-0.3, -0.25) is 10.1 Å². The zero-order valence-electron chi connectivity index (χ0n) is 12.9. The summed E-state index contributed by atoms with van der Waals surface area (Å²) < 4.78 is 5.24. The highest BCUT2D eigenvalue weighted by molar-refractivity contribution is 7.16. The predicted octanol–water partition coefficient (Wildman–Crippen LogP) is 4.50. The van der Waals surface area contributed by atoms with Crippen molar-refractivity contribution in [1.82, 2.24) is 10.1 Å². The van der Waals surface area contributed by atoms with E-state index in [9.17, 15) is 4.79 Å². The van der Waals surface area contributed by atoms with Crippen molar-refractivity contribution in [3.63, 3.8) is 0 Å². The molecule has 5 nitrogen and oxygen atoms in total. The van der Waals surface area contributed by atoms with Gasteiger partial charge in [0.15, 0.2) is 5.13 Å². The first-order valence-corrected chi connectivity index (χ1v) is 8.84. The third kappa shape index (κ3) is 2.61. The molecule has 3 aromatic rings. The molecule has 24 heavy (non-hydrogen) atoms. The van der Waals surface area contributed by atoms with E-state index < -0.39 is 0 Å². The Labute approximate surface area is 147 Å². The lowest BCUT2D eigenvalue weighted by Crippen LogP contribution is -2.13. The minimum Gasteiger partial charge on any atom is -0.360 e. The smallest absolute Gasteiger partial charge is 0.263 e. The van der Waals surface area contributed by atoms with Gasteiger partial charge in [0.1, 0.15) is 17.0 Å². The minimum absolute atomic E-state index is 0.281. The summed E-state index contributed by atoms with van der Waals surface area (Å²) in [7, 11) is 0. The Balaban J connectivity index is 1.67. The summed E-state index contributed by atoms with van der Waals surface area (Å²) in [5.74, 6) is 0.169. The van der Waals surface area contributed by atoms with Crippen molar-refractivity contribution in [2.75, 3.05) is 5.32 Å². The van der Waals surface area contributed by atoms with Gasteiger partial charge in [0, 0.05) is 10.4 Å². The maximum absolute atomic E-state index is 12.7. The molecule has 0 radical (unpaired) electrons. The van der Waals surface area contributed by atoms with Crippen LogP contribution < -0.4 is 5.32 Å². The summed E-state index contributed by atoms with van der Waals surface area (Å²) in [5.41, 5.74) is 2.60. The summed E-state index contributed by atoms with van der Waals surface area (Å²) >= 11 is 7.77. The second-order valence-corrected chi connectivity index (χ2v) is 7.13. The lowest BCUT2D eigenvalue weighted by molar-refractivity contribution is 0.102. The summed E-state index contributed by atoms with van der Waals surface area (Å²) in [6, 6.07) is 7.25. The van der Waals surface area contributed by atoms with Gasteiger partial charge in [0.2, 0.25) is 0 Å². The number of aryl methyl sites for hydroxylation is 3. The molecule has 1 amide bonds. The number of thiazole rings is 1. The molecule has 122 valence electrons. The minimum atomic E-state index is -0.281. The number of nitrogens with zero attached hydrogens (tertiary/aromatic N) is 2. The van der Waals surface area contributed by atoms with Crippen LogP contribution in [0.3, 0.4) is 0 Å². The van der Waals surface area contributed by atoms with E-state index in [-0.39, 0.29) is 5.91 Å². The van der Waals surface area contributed by atoms with Crippen LogP contribution in [0.4, 0.5) is 5.13 Å². The third-order valence-corrected chi connectivity index (χ3v) is 5.44. The zero-order chi connectivity index (χ0) is 16.7. The van der Waals surface area contributed by atoms with Crippen LogP contribution in [0, 0.1) is 6.92 Å². The van der Waals surface area contributed by atoms with Crippen LogP contribution in [0.2, 0.25) is 5.02 Å². The van der Waals surface area contributed by atoms with Gasteiger partial charge in [-0.05, 0) is 32.3 Å². The molecular weight excluding hydrogens is 346 g/mol. The fourth-order valence-corrected chi connectivity index (χ4v) is 4.15. The first-order chi connectivity index (χ1) is 11.6. The SMILES string of the molecule is Cc1onc(-c2ccccc2Cl)c1C(=O)Nc1nc2c(s1)CCC2. The highest BCUT2D eigenvalue weighted by Gasteiger charge is 2.25. The molecule has 0 aliphatic heterocycles. The van der Waals surface area contributed by atoms with Crippen LogP contribution in [-0.4, -0.2) is 16.0 Å². The molecule has 0 saturated heterocycles. The molecule has 1 aliphatic rings. The van der Waals surface area contributed by atoms with Crippen molar-refractivity contribution in [2.24, 2.45) is 0 Å². The van der Waals surface area contributed by atoms with Gasteiger partial charge in [-0.15, -0.1) is 11.3 Å². The fourth-order valence-electron chi connectivity index (χ4n) is 2.88. The Kier molecular flexibility index (Phi) is 3.86. The van der Waals surface area contributed by atoms with E-state index >= 15 is 0 Å². The molecule has 1 aliphatic carbocycles. The van der Waals surface area contributed by atoms with Crippen molar-refractivity contribution in [1.29, 1.82) is 0 Å². The Morgan fingerprint density at radius 2 is 2.17 bits per heavy atom. The van der Waals surface area contributed by atoms with E-state index in [2.05, 4.69) is 15.5 Å². The second-order valence-electron chi connectivity index (χ2n) is 5.64. The van der Waals surface area contributed by atoms with Gasteiger partial charge in [0.05, 0.1) is 10.7 Å². The van der Waals surface area contributed by atoms with Gasteiger partial charge in [-0.1, -0.05) is 35.0 Å². The quantitative estimate of drug-likeness (QED) is 0.747. The number of carbonyl (C=O) groups is 1. The lowest BCUT2D eigenvalue weighted by atomic mass is 10.1. The summed E-state index contributed by atoms with van der Waals surface area (Å²) in [6.45, 7) is 1.71. The molecule has 0 spiro atoms. The summed E-state index contributed by atoms with van der Waals surface area (Å²) in [5, 5.41) is 8.03. The molecule has 1 N–H and O–H groups in total. The molecule has 2 heterocycles. The van der Waals surface area contributed by atoms with Crippen LogP contribution >= 0.6 is 22.9 Å². The molecule has 0 bridgehead atoms. The number of rotatable bonds is 3. The van der Waals surface area contributed by atoms with Crippen molar-refractivity contribution in [3.05, 3.63) is 51.2 Å². The molecule has 0 fully saturated rings. The van der Waals surface area contributed by atoms with Crippen LogP contribution in [0.5, 0.6) is 0 Å². The van der Waals surface area contributed by atoms with Crippen molar-refractivity contribution in [3.8, 4) is 11.3 Å². The number of aromatic nitrogens is 2. The molecule has 0 saturated carbocycles. The van der Waals surface area contributed by atoms with E-state index in [1.807, 2.05) is 18.2 Å². The molecule has 2 aromatic heterocycles. The molecule has 4 rings (SSSR count). The summed E-state index contributed by atoms with van der Waals surface area (Å²) in [6.07, 6.45) is 3.17. The number of amides is 1. The number of benzene rings is 1. The lowest BCUT2D eigenvalue weighted by Gasteiger charge is -2.04. The number of hydrogen-bond donors (Lipinski definition) is 1. The normalized spacial score (nSPS) is 13.1. The highest BCUT2D eigenvalue weighted by Crippen LogP contribution is 2.33. The van der Waals surface area contributed by atoms with Gasteiger partial charge in [-0.25, -0.2) is 4.98 Å². The van der Waals surface area contributed by atoms with E-state index in [1.54, 1.807) is 13.0 Å². The van der Waals surface area contributed by atoms with E-state index in [1.165, 1.54) is 16.2 Å². The average Bonchev–Trinajstić information content (AvgIpc) is 3.22. The first-order valence-electron chi connectivity index (χ1n) is 7.64. The average molecular weight is 360 g/mol. The predicted molar refractivity (Wildman–Crippen MR) is 93.8 cm³/mol. The number of carbonyl (C=O) groups excluding carboxylic acids is 1. The van der Waals surface area contributed by atoms with Gasteiger partial charge in [-0.2, -0.15) is 0 Å². The van der Waals surface area contributed by atoms with Gasteiger partial charge < -0.3 is 4.52 Å². The molecule has 7 heteroatoms. The van der Waals surface area contributed by atoms with E-state index in [4.69, 9.17) is 16.1 Å². The molecular formula is C17H14ClN3O2S. The number of hydrogen-bond acceptors (Lipinski definition) is 5. The standard InChI is InChI=1S/C17H14ClN3O2S/c1-9-14(15(21-23-9)10-5-2-3-6-11(10)18)16(22)20-17-19-12-7-4-8-13(12)24-17/h2-3,5-6H,4,7-8H2,1H3,(H,19,20,22). The van der Waals surface area contributed by atoms with Crippen molar-refractivity contribution >= 4 is 34.0 Å². The largest absolute Gasteiger partial charge is 0.360 e. The van der Waals surface area contributed by atoms with Crippen LogP contribution in [0.1, 0.15) is 33.1 Å². The number of fused-ring (bicyclic) bond motifs is 1. The van der Waals surface area contributed by atoms with Crippen LogP contribution in [0.15, 0.2) is 28.8 Å². The Hall–Kier alpha value is -2.18. The van der Waals surface area contributed by atoms with Crippen molar-refractivity contribution in [2.45, 2.75) is 26.2 Å².